The summed E-state index contributed by atoms with van der Waals surface area (Å²) in [6.07, 6.45) is 4.66. The normalized spacial score (nSPS) is 18.5. The number of nitrogens with zero attached hydrogens (tertiary/aromatic N) is 2. The molecule has 126 valence electrons. The SMILES string of the molecule is Cc1[nH]nc2c1c(=O)n(CC[C@H]1CCCCN1)c1ccc(Cl)cc21. The maximum Gasteiger partial charge on any atom is 0.262 e. The molecule has 0 amide bonds. The molecule has 3 heterocycles. The van der Waals surface area contributed by atoms with Gasteiger partial charge in [-0.15, -0.1) is 0 Å². The number of nitrogens with one attached hydrogen (secondary N) is 2. The number of benzene rings is 1. The molecule has 0 radical (unpaired) electrons. The lowest BCUT2D eigenvalue weighted by Crippen LogP contribution is -2.35. The van der Waals surface area contributed by atoms with Crippen molar-refractivity contribution in [1.82, 2.24) is 20.1 Å². The largest absolute Gasteiger partial charge is 0.314 e. The Morgan fingerprint density at radius 2 is 2.25 bits per heavy atom. The Hall–Kier alpha value is -1.85. The van der Waals surface area contributed by atoms with E-state index >= 15 is 0 Å². The van der Waals surface area contributed by atoms with Crippen LogP contribution in [0.15, 0.2) is 23.0 Å². The molecule has 0 spiro atoms. The molecule has 3 aromatic rings. The molecule has 1 aromatic carbocycles. The number of aryl methyl sites for hydroxylation is 2. The summed E-state index contributed by atoms with van der Waals surface area (Å²) in [6, 6.07) is 6.16. The predicted molar refractivity (Wildman–Crippen MR) is 97.9 cm³/mol. The number of piperidine rings is 1. The van der Waals surface area contributed by atoms with Crippen LogP contribution in [0, 0.1) is 6.92 Å². The zero-order valence-corrected chi connectivity index (χ0v) is 14.5. The van der Waals surface area contributed by atoms with Crippen molar-refractivity contribution in [3.05, 3.63) is 39.3 Å². The Kier molecular flexibility index (Phi) is 4.06. The number of pyridine rings is 1. The molecule has 1 aliphatic heterocycles. The van der Waals surface area contributed by atoms with E-state index in [0.717, 1.165) is 29.6 Å². The highest BCUT2D eigenvalue weighted by Crippen LogP contribution is 2.26. The molecular weight excluding hydrogens is 324 g/mol. The summed E-state index contributed by atoms with van der Waals surface area (Å²) in [5, 5.41) is 13.1. The molecule has 2 N–H and O–H groups in total. The third-order valence-electron chi connectivity index (χ3n) is 5.02. The molecule has 0 bridgehead atoms. The first-order valence-corrected chi connectivity index (χ1v) is 8.93. The lowest BCUT2D eigenvalue weighted by atomic mass is 10.0. The number of H-pyrrole nitrogens is 1. The Labute approximate surface area is 145 Å². The van der Waals surface area contributed by atoms with Gasteiger partial charge in [0.15, 0.2) is 0 Å². The third-order valence-corrected chi connectivity index (χ3v) is 5.26. The summed E-state index contributed by atoms with van der Waals surface area (Å²) in [7, 11) is 0. The Balaban J connectivity index is 1.84. The molecule has 2 aromatic heterocycles. The molecule has 4 rings (SSSR count). The molecule has 1 saturated heterocycles. The fourth-order valence-electron chi connectivity index (χ4n) is 3.74. The molecule has 0 saturated carbocycles. The highest BCUT2D eigenvalue weighted by molar-refractivity contribution is 6.31. The van der Waals surface area contributed by atoms with E-state index in [4.69, 9.17) is 11.6 Å². The second kappa shape index (κ2) is 6.22. The molecular formula is C18H21ClN4O. The molecule has 1 atom stereocenters. The van der Waals surface area contributed by atoms with E-state index in [1.54, 1.807) is 0 Å². The number of aromatic nitrogens is 3. The van der Waals surface area contributed by atoms with E-state index in [9.17, 15) is 4.79 Å². The maximum absolute atomic E-state index is 13.0. The van der Waals surface area contributed by atoms with Gasteiger partial charge in [-0.25, -0.2) is 0 Å². The second-order valence-electron chi connectivity index (χ2n) is 6.63. The first-order valence-electron chi connectivity index (χ1n) is 8.55. The van der Waals surface area contributed by atoms with Crippen LogP contribution in [-0.2, 0) is 6.54 Å². The third kappa shape index (κ3) is 2.62. The maximum atomic E-state index is 13.0. The van der Waals surface area contributed by atoms with Crippen LogP contribution in [0.5, 0.6) is 0 Å². The minimum Gasteiger partial charge on any atom is -0.314 e. The van der Waals surface area contributed by atoms with Crippen molar-refractivity contribution < 1.29 is 0 Å². The summed E-state index contributed by atoms with van der Waals surface area (Å²) in [5.41, 5.74) is 2.45. The van der Waals surface area contributed by atoms with Crippen LogP contribution in [-0.4, -0.2) is 27.4 Å². The average molecular weight is 345 g/mol. The van der Waals surface area contributed by atoms with Gasteiger partial charge in [0.05, 0.1) is 10.9 Å². The molecule has 1 aliphatic rings. The van der Waals surface area contributed by atoms with Crippen LogP contribution in [0.2, 0.25) is 5.02 Å². The van der Waals surface area contributed by atoms with Crippen molar-refractivity contribution in [2.24, 2.45) is 0 Å². The molecule has 5 nitrogen and oxygen atoms in total. The van der Waals surface area contributed by atoms with Crippen molar-refractivity contribution in [1.29, 1.82) is 0 Å². The first kappa shape index (κ1) is 15.7. The van der Waals surface area contributed by atoms with Gasteiger partial charge in [0.2, 0.25) is 0 Å². The number of hydrogen-bond acceptors (Lipinski definition) is 3. The lowest BCUT2D eigenvalue weighted by molar-refractivity contribution is 0.367. The van der Waals surface area contributed by atoms with Crippen molar-refractivity contribution in [2.75, 3.05) is 6.54 Å². The summed E-state index contributed by atoms with van der Waals surface area (Å²) in [4.78, 5) is 13.0. The van der Waals surface area contributed by atoms with Crippen molar-refractivity contribution in [3.8, 4) is 0 Å². The highest BCUT2D eigenvalue weighted by Gasteiger charge is 2.17. The fourth-order valence-corrected chi connectivity index (χ4v) is 3.91. The van der Waals surface area contributed by atoms with E-state index < -0.39 is 0 Å². The summed E-state index contributed by atoms with van der Waals surface area (Å²) >= 11 is 6.18. The van der Waals surface area contributed by atoms with Gasteiger partial charge in [-0.3, -0.25) is 9.89 Å². The van der Waals surface area contributed by atoms with Crippen molar-refractivity contribution in [2.45, 2.75) is 45.2 Å². The lowest BCUT2D eigenvalue weighted by Gasteiger charge is -2.24. The van der Waals surface area contributed by atoms with E-state index in [0.29, 0.717) is 28.5 Å². The van der Waals surface area contributed by atoms with Gasteiger partial charge >= 0.3 is 0 Å². The number of fused-ring (bicyclic) bond motifs is 3. The highest BCUT2D eigenvalue weighted by atomic mass is 35.5. The minimum absolute atomic E-state index is 0.0295. The first-order chi connectivity index (χ1) is 11.6. The quantitative estimate of drug-likeness (QED) is 0.765. The summed E-state index contributed by atoms with van der Waals surface area (Å²) < 4.78 is 1.88. The van der Waals surface area contributed by atoms with Crippen LogP contribution in [0.3, 0.4) is 0 Å². The zero-order chi connectivity index (χ0) is 16.7. The summed E-state index contributed by atoms with van der Waals surface area (Å²) in [6.45, 7) is 3.67. The Morgan fingerprint density at radius 3 is 3.04 bits per heavy atom. The van der Waals surface area contributed by atoms with Gasteiger partial charge in [-0.2, -0.15) is 5.10 Å². The van der Waals surface area contributed by atoms with Crippen LogP contribution in [0.1, 0.15) is 31.4 Å². The van der Waals surface area contributed by atoms with Gasteiger partial charge in [0, 0.05) is 28.7 Å². The van der Waals surface area contributed by atoms with Crippen LogP contribution in [0.4, 0.5) is 0 Å². The predicted octanol–water partition coefficient (Wildman–Crippen LogP) is 3.37. The molecule has 0 aliphatic carbocycles. The van der Waals surface area contributed by atoms with Crippen LogP contribution in [0.25, 0.3) is 21.8 Å². The topological polar surface area (TPSA) is 62.7 Å². The van der Waals surface area contributed by atoms with Gasteiger partial charge < -0.3 is 9.88 Å². The standard InChI is InChI=1S/C18H21ClN4O/c1-11-16-17(22-21-11)14-10-12(19)5-6-15(14)23(18(16)24)9-7-13-4-2-3-8-20-13/h5-6,10,13,20H,2-4,7-9H2,1H3,(H,21,22)/t13-/m1/s1. The van der Waals surface area contributed by atoms with E-state index in [1.165, 1.54) is 19.3 Å². The smallest absolute Gasteiger partial charge is 0.262 e. The van der Waals surface area contributed by atoms with Crippen molar-refractivity contribution in [3.63, 3.8) is 0 Å². The molecule has 1 fully saturated rings. The fraction of sp³-hybridized carbons (Fsp3) is 0.444. The molecule has 6 heteroatoms. The minimum atomic E-state index is 0.0295. The number of hydrogen-bond donors (Lipinski definition) is 2. The van der Waals surface area contributed by atoms with Gasteiger partial charge in [0.25, 0.3) is 5.56 Å². The van der Waals surface area contributed by atoms with Crippen LogP contribution < -0.4 is 10.9 Å². The Morgan fingerprint density at radius 1 is 1.38 bits per heavy atom. The molecule has 0 unspecified atom stereocenters. The van der Waals surface area contributed by atoms with E-state index in [2.05, 4.69) is 15.5 Å². The monoisotopic (exact) mass is 344 g/mol. The van der Waals surface area contributed by atoms with Gasteiger partial charge in [-0.05, 0) is 50.9 Å². The van der Waals surface area contributed by atoms with Gasteiger partial charge in [-0.1, -0.05) is 18.0 Å². The Bertz CT molecular complexity index is 953. The van der Waals surface area contributed by atoms with E-state index in [1.807, 2.05) is 29.7 Å². The van der Waals surface area contributed by atoms with Crippen LogP contribution >= 0.6 is 11.6 Å². The van der Waals surface area contributed by atoms with Crippen molar-refractivity contribution >= 4 is 33.4 Å². The number of rotatable bonds is 3. The van der Waals surface area contributed by atoms with Gasteiger partial charge in [0.1, 0.15) is 5.52 Å². The number of aromatic amines is 1. The second-order valence-corrected chi connectivity index (χ2v) is 7.06. The average Bonchev–Trinajstić information content (AvgIpc) is 2.98. The molecule has 24 heavy (non-hydrogen) atoms. The summed E-state index contributed by atoms with van der Waals surface area (Å²) in [5.74, 6) is 0. The van der Waals surface area contributed by atoms with E-state index in [-0.39, 0.29) is 5.56 Å². The zero-order valence-electron chi connectivity index (χ0n) is 13.7. The number of halogens is 1.